The van der Waals surface area contributed by atoms with Crippen LogP contribution in [0.25, 0.3) is 16.6 Å². The predicted molar refractivity (Wildman–Crippen MR) is 106 cm³/mol. The van der Waals surface area contributed by atoms with Gasteiger partial charge in [0.25, 0.3) is 5.92 Å². The highest BCUT2D eigenvalue weighted by Crippen LogP contribution is 2.43. The fourth-order valence-corrected chi connectivity index (χ4v) is 4.09. The summed E-state index contributed by atoms with van der Waals surface area (Å²) in [7, 11) is -1.11. The van der Waals surface area contributed by atoms with Crippen LogP contribution in [-0.4, -0.2) is 58.6 Å². The van der Waals surface area contributed by atoms with Crippen molar-refractivity contribution in [1.82, 2.24) is 20.2 Å². The number of nitrogens with one attached hydrogen (secondary N) is 2. The number of nitrogens with zero attached hydrogens (tertiary/aromatic N) is 2. The molecule has 29 heavy (non-hydrogen) atoms. The van der Waals surface area contributed by atoms with Gasteiger partial charge in [0.15, 0.2) is 0 Å². The SMILES string of the molecule is CC1CCN(C(=O)NCC(C)(F)F)CC1C1=CB(O)Oc2cnc3[nH]ccc3c21. The highest BCUT2D eigenvalue weighted by molar-refractivity contribution is 6.52. The number of likely N-dealkylation sites (tertiary alicyclic amines) is 1. The van der Waals surface area contributed by atoms with E-state index in [9.17, 15) is 18.6 Å². The zero-order chi connectivity index (χ0) is 20.8. The van der Waals surface area contributed by atoms with Gasteiger partial charge in [-0.25, -0.2) is 18.6 Å². The third kappa shape index (κ3) is 3.94. The van der Waals surface area contributed by atoms with Crippen LogP contribution in [0.15, 0.2) is 24.4 Å². The van der Waals surface area contributed by atoms with E-state index in [1.54, 1.807) is 23.3 Å². The maximum absolute atomic E-state index is 13.1. The lowest BCUT2D eigenvalue weighted by Crippen LogP contribution is -2.50. The van der Waals surface area contributed by atoms with Gasteiger partial charge in [-0.15, -0.1) is 0 Å². The summed E-state index contributed by atoms with van der Waals surface area (Å²) in [6.07, 6.45) is 4.09. The minimum atomic E-state index is -2.96. The number of aromatic nitrogens is 2. The van der Waals surface area contributed by atoms with E-state index in [1.165, 1.54) is 0 Å². The molecule has 2 atom stereocenters. The van der Waals surface area contributed by atoms with E-state index in [1.807, 2.05) is 6.07 Å². The normalized spacial score (nSPS) is 22.2. The number of urea groups is 1. The van der Waals surface area contributed by atoms with Gasteiger partial charge in [0, 0.05) is 43.1 Å². The van der Waals surface area contributed by atoms with Gasteiger partial charge in [0.1, 0.15) is 11.4 Å². The lowest BCUT2D eigenvalue weighted by atomic mass is 9.72. The zero-order valence-corrected chi connectivity index (χ0v) is 16.3. The molecule has 3 N–H and O–H groups in total. The fraction of sp³-hybridized carbons (Fsp3) is 0.474. The van der Waals surface area contributed by atoms with Crippen molar-refractivity contribution >= 4 is 29.8 Å². The number of carbonyl (C=O) groups excluding carboxylic acids is 1. The van der Waals surface area contributed by atoms with Gasteiger partial charge in [-0.3, -0.25) is 0 Å². The van der Waals surface area contributed by atoms with Crippen LogP contribution in [0.5, 0.6) is 5.75 Å². The maximum Gasteiger partial charge on any atom is 0.552 e. The molecule has 2 unspecified atom stereocenters. The second-order valence-corrected chi connectivity index (χ2v) is 7.92. The first kappa shape index (κ1) is 19.7. The third-order valence-corrected chi connectivity index (χ3v) is 5.61. The number of carbonyl (C=O) groups is 1. The number of rotatable bonds is 3. The van der Waals surface area contributed by atoms with E-state index in [4.69, 9.17) is 4.65 Å². The second kappa shape index (κ2) is 7.33. The Morgan fingerprint density at radius 3 is 3.10 bits per heavy atom. The number of H-pyrrole nitrogens is 1. The molecule has 0 aromatic carbocycles. The van der Waals surface area contributed by atoms with Crippen LogP contribution < -0.4 is 9.97 Å². The number of aromatic amines is 1. The van der Waals surface area contributed by atoms with Gasteiger partial charge >= 0.3 is 13.1 Å². The largest absolute Gasteiger partial charge is 0.552 e. The Morgan fingerprint density at radius 2 is 2.34 bits per heavy atom. The van der Waals surface area contributed by atoms with E-state index in [2.05, 4.69) is 22.2 Å². The van der Waals surface area contributed by atoms with Crippen molar-refractivity contribution in [2.24, 2.45) is 11.8 Å². The molecule has 2 aliphatic rings. The summed E-state index contributed by atoms with van der Waals surface area (Å²) in [6.45, 7) is 3.03. The Morgan fingerprint density at radius 1 is 1.55 bits per heavy atom. The summed E-state index contributed by atoms with van der Waals surface area (Å²) in [4.78, 5) is 21.4. The van der Waals surface area contributed by atoms with Gasteiger partial charge < -0.3 is 24.9 Å². The number of pyridine rings is 1. The van der Waals surface area contributed by atoms with Crippen molar-refractivity contribution in [2.45, 2.75) is 26.2 Å². The predicted octanol–water partition coefficient (Wildman–Crippen LogP) is 2.68. The minimum absolute atomic E-state index is 0.0746. The smallest absolute Gasteiger partial charge is 0.531 e. The molecule has 154 valence electrons. The van der Waals surface area contributed by atoms with Gasteiger partial charge in [-0.1, -0.05) is 6.92 Å². The van der Waals surface area contributed by atoms with E-state index >= 15 is 0 Å². The van der Waals surface area contributed by atoms with Crippen molar-refractivity contribution in [3.63, 3.8) is 0 Å². The molecule has 1 fully saturated rings. The molecular weight excluding hydrogens is 381 g/mol. The highest BCUT2D eigenvalue weighted by atomic mass is 19.3. The van der Waals surface area contributed by atoms with E-state index in [-0.39, 0.29) is 11.8 Å². The third-order valence-electron chi connectivity index (χ3n) is 5.61. The van der Waals surface area contributed by atoms with Crippen LogP contribution in [0.3, 0.4) is 0 Å². The van der Waals surface area contributed by atoms with Crippen LogP contribution in [0, 0.1) is 11.8 Å². The number of amides is 2. The molecule has 2 aromatic rings. The lowest BCUT2D eigenvalue weighted by Gasteiger charge is -2.39. The highest BCUT2D eigenvalue weighted by Gasteiger charge is 2.37. The quantitative estimate of drug-likeness (QED) is 0.687. The standard InChI is InChI=1S/C19H23BF2N4O3/c1-11-4-6-26(18(27)25-10-19(2,21)22)9-14(11)13-7-20(28)29-15-8-24-17-12(16(13)15)3-5-23-17/h3,5,7-8,11,14,28H,4,6,9-10H2,1-2H3,(H,23,24)(H,25,27). The molecule has 0 saturated carbocycles. The average molecular weight is 404 g/mol. The molecule has 2 aliphatic heterocycles. The number of piperidine rings is 1. The first-order valence-corrected chi connectivity index (χ1v) is 9.66. The molecular formula is C19H23BF2N4O3. The fourth-order valence-electron chi connectivity index (χ4n) is 4.09. The second-order valence-electron chi connectivity index (χ2n) is 7.92. The summed E-state index contributed by atoms with van der Waals surface area (Å²) >= 11 is 0. The summed E-state index contributed by atoms with van der Waals surface area (Å²) in [5, 5.41) is 13.4. The molecule has 4 rings (SSSR count). The Labute approximate surface area is 167 Å². The van der Waals surface area contributed by atoms with Crippen molar-refractivity contribution < 1.29 is 23.3 Å². The van der Waals surface area contributed by atoms with Crippen molar-refractivity contribution in [1.29, 1.82) is 0 Å². The van der Waals surface area contributed by atoms with E-state index in [0.29, 0.717) is 24.5 Å². The molecule has 0 aliphatic carbocycles. The molecule has 0 spiro atoms. The maximum atomic E-state index is 13.1. The Balaban J connectivity index is 1.63. The summed E-state index contributed by atoms with van der Waals surface area (Å²) < 4.78 is 31.8. The van der Waals surface area contributed by atoms with Gasteiger partial charge in [-0.05, 0) is 30.0 Å². The van der Waals surface area contributed by atoms with Gasteiger partial charge in [0.05, 0.1) is 12.7 Å². The molecule has 2 aromatic heterocycles. The van der Waals surface area contributed by atoms with Gasteiger partial charge in [-0.2, -0.15) is 0 Å². The molecule has 7 nitrogen and oxygen atoms in total. The van der Waals surface area contributed by atoms with Gasteiger partial charge in [0.2, 0.25) is 0 Å². The number of halogens is 2. The minimum Gasteiger partial charge on any atom is -0.531 e. The summed E-state index contributed by atoms with van der Waals surface area (Å²) in [6, 6.07) is 1.40. The van der Waals surface area contributed by atoms with Crippen molar-refractivity contribution in [3.05, 3.63) is 30.0 Å². The Hall–Kier alpha value is -2.62. The van der Waals surface area contributed by atoms with Crippen LogP contribution in [0.4, 0.5) is 13.6 Å². The topological polar surface area (TPSA) is 90.5 Å². The average Bonchev–Trinajstić information content (AvgIpc) is 3.14. The first-order chi connectivity index (χ1) is 13.7. The van der Waals surface area contributed by atoms with E-state index < -0.39 is 25.6 Å². The Bertz CT molecular complexity index is 959. The van der Waals surface area contributed by atoms with Crippen molar-refractivity contribution in [3.8, 4) is 5.75 Å². The van der Waals surface area contributed by atoms with Crippen LogP contribution in [0.2, 0.25) is 0 Å². The number of fused-ring (bicyclic) bond motifs is 3. The summed E-state index contributed by atoms with van der Waals surface area (Å²) in [5.74, 6) is -0.649. The van der Waals surface area contributed by atoms with Crippen LogP contribution in [-0.2, 0) is 0 Å². The molecule has 4 heterocycles. The Kier molecular flexibility index (Phi) is 4.98. The molecule has 0 radical (unpaired) electrons. The number of alkyl halides is 2. The monoisotopic (exact) mass is 404 g/mol. The first-order valence-electron chi connectivity index (χ1n) is 9.66. The molecule has 1 saturated heterocycles. The molecule has 0 bridgehead atoms. The van der Waals surface area contributed by atoms with Crippen molar-refractivity contribution in [2.75, 3.05) is 19.6 Å². The van der Waals surface area contributed by atoms with Crippen LogP contribution >= 0.6 is 0 Å². The van der Waals surface area contributed by atoms with Crippen LogP contribution in [0.1, 0.15) is 25.8 Å². The summed E-state index contributed by atoms with van der Waals surface area (Å²) in [5.41, 5.74) is 2.44. The zero-order valence-electron chi connectivity index (χ0n) is 16.3. The molecule has 10 heteroatoms. The molecule has 2 amide bonds. The lowest BCUT2D eigenvalue weighted by molar-refractivity contribution is 0.0232. The van der Waals surface area contributed by atoms with E-state index in [0.717, 1.165) is 29.9 Å². The number of hydrogen-bond acceptors (Lipinski definition) is 4. The number of hydrogen-bond donors (Lipinski definition) is 3.